The minimum atomic E-state index is 0.585. The summed E-state index contributed by atoms with van der Waals surface area (Å²) in [6.07, 6.45) is 0. The third-order valence-electron chi connectivity index (χ3n) is 3.66. The summed E-state index contributed by atoms with van der Waals surface area (Å²) in [4.78, 5) is 0. The number of hydrogen-bond donors (Lipinski definition) is 1. The summed E-state index contributed by atoms with van der Waals surface area (Å²) in [5, 5.41) is 3.45. The van der Waals surface area contributed by atoms with Crippen LogP contribution in [0.15, 0.2) is 78.9 Å². The van der Waals surface area contributed by atoms with Crippen LogP contribution in [0.4, 0.5) is 5.69 Å². The van der Waals surface area contributed by atoms with Crippen LogP contribution < -0.4 is 10.1 Å². The van der Waals surface area contributed by atoms with Gasteiger partial charge in [-0.05, 0) is 30.2 Å². The van der Waals surface area contributed by atoms with Crippen molar-refractivity contribution in [1.82, 2.24) is 0 Å². The highest BCUT2D eigenvalue weighted by atomic mass is 16.5. The SMILES string of the molecule is Cc1cccc(CNc2cccc(OCc3ccccc3)c2)c1. The average molecular weight is 303 g/mol. The number of nitrogens with one attached hydrogen (secondary N) is 1. The lowest BCUT2D eigenvalue weighted by Crippen LogP contribution is -2.00. The second kappa shape index (κ2) is 7.50. The van der Waals surface area contributed by atoms with E-state index in [2.05, 4.69) is 54.7 Å². The van der Waals surface area contributed by atoms with Crippen molar-refractivity contribution in [1.29, 1.82) is 0 Å². The molecule has 116 valence electrons. The van der Waals surface area contributed by atoms with E-state index in [9.17, 15) is 0 Å². The molecule has 2 heteroatoms. The van der Waals surface area contributed by atoms with Crippen LogP contribution >= 0.6 is 0 Å². The van der Waals surface area contributed by atoms with Gasteiger partial charge in [0.05, 0.1) is 0 Å². The smallest absolute Gasteiger partial charge is 0.121 e. The van der Waals surface area contributed by atoms with Crippen molar-refractivity contribution in [2.24, 2.45) is 0 Å². The molecule has 0 aliphatic rings. The monoisotopic (exact) mass is 303 g/mol. The van der Waals surface area contributed by atoms with E-state index in [0.29, 0.717) is 6.61 Å². The van der Waals surface area contributed by atoms with Gasteiger partial charge in [0.2, 0.25) is 0 Å². The van der Waals surface area contributed by atoms with Gasteiger partial charge in [-0.3, -0.25) is 0 Å². The molecule has 0 saturated heterocycles. The van der Waals surface area contributed by atoms with Crippen molar-refractivity contribution in [3.8, 4) is 5.75 Å². The van der Waals surface area contributed by atoms with E-state index >= 15 is 0 Å². The number of benzene rings is 3. The zero-order chi connectivity index (χ0) is 15.9. The van der Waals surface area contributed by atoms with Crippen LogP contribution in [0, 0.1) is 6.92 Å². The van der Waals surface area contributed by atoms with Gasteiger partial charge in [0.1, 0.15) is 12.4 Å². The average Bonchev–Trinajstić information content (AvgIpc) is 2.60. The van der Waals surface area contributed by atoms with Crippen LogP contribution in [0.25, 0.3) is 0 Å². The van der Waals surface area contributed by atoms with Crippen molar-refractivity contribution >= 4 is 5.69 Å². The molecule has 0 amide bonds. The van der Waals surface area contributed by atoms with E-state index in [4.69, 9.17) is 4.74 Å². The Kier molecular flexibility index (Phi) is 4.95. The zero-order valence-corrected chi connectivity index (χ0v) is 13.3. The molecule has 0 atom stereocenters. The Labute approximate surface area is 137 Å². The van der Waals surface area contributed by atoms with Crippen LogP contribution in [0.5, 0.6) is 5.75 Å². The van der Waals surface area contributed by atoms with Gasteiger partial charge in [-0.1, -0.05) is 66.2 Å². The van der Waals surface area contributed by atoms with Crippen LogP contribution in [0.3, 0.4) is 0 Å². The second-order valence-corrected chi connectivity index (χ2v) is 5.64. The Balaban J connectivity index is 1.59. The highest BCUT2D eigenvalue weighted by Gasteiger charge is 1.99. The van der Waals surface area contributed by atoms with Gasteiger partial charge in [0.15, 0.2) is 0 Å². The Morgan fingerprint density at radius 3 is 2.39 bits per heavy atom. The molecule has 3 aromatic rings. The quantitative estimate of drug-likeness (QED) is 0.677. The molecule has 0 aliphatic carbocycles. The number of rotatable bonds is 6. The van der Waals surface area contributed by atoms with Gasteiger partial charge >= 0.3 is 0 Å². The van der Waals surface area contributed by atoms with E-state index in [0.717, 1.165) is 18.0 Å². The van der Waals surface area contributed by atoms with Gasteiger partial charge < -0.3 is 10.1 Å². The molecule has 0 fully saturated rings. The summed E-state index contributed by atoms with van der Waals surface area (Å²) >= 11 is 0. The molecule has 0 aromatic heterocycles. The maximum absolute atomic E-state index is 5.86. The lowest BCUT2D eigenvalue weighted by Gasteiger charge is -2.10. The second-order valence-electron chi connectivity index (χ2n) is 5.64. The molecule has 0 unspecified atom stereocenters. The number of hydrogen-bond acceptors (Lipinski definition) is 2. The van der Waals surface area contributed by atoms with Crippen LogP contribution in [-0.2, 0) is 13.2 Å². The molecule has 0 aliphatic heterocycles. The van der Waals surface area contributed by atoms with E-state index in [1.54, 1.807) is 0 Å². The molecule has 23 heavy (non-hydrogen) atoms. The summed E-state index contributed by atoms with van der Waals surface area (Å²) in [5.41, 5.74) is 4.80. The maximum atomic E-state index is 5.86. The van der Waals surface area contributed by atoms with Crippen LogP contribution in [0.1, 0.15) is 16.7 Å². The summed E-state index contributed by atoms with van der Waals surface area (Å²) in [5.74, 6) is 0.878. The van der Waals surface area contributed by atoms with E-state index in [1.807, 2.05) is 36.4 Å². The molecular formula is C21H21NO. The predicted octanol–water partition coefficient (Wildman–Crippen LogP) is 5.19. The highest BCUT2D eigenvalue weighted by Crippen LogP contribution is 2.19. The molecule has 2 nitrogen and oxygen atoms in total. The molecule has 3 aromatic carbocycles. The third kappa shape index (κ3) is 4.62. The molecule has 0 radical (unpaired) electrons. The Hall–Kier alpha value is -2.74. The number of ether oxygens (including phenoxy) is 1. The van der Waals surface area contributed by atoms with Crippen LogP contribution in [0.2, 0.25) is 0 Å². The van der Waals surface area contributed by atoms with Crippen molar-refractivity contribution in [2.45, 2.75) is 20.1 Å². The Morgan fingerprint density at radius 1 is 0.783 bits per heavy atom. The molecule has 0 bridgehead atoms. The molecule has 0 heterocycles. The number of aryl methyl sites for hydroxylation is 1. The fraction of sp³-hybridized carbons (Fsp3) is 0.143. The summed E-state index contributed by atoms with van der Waals surface area (Å²) < 4.78 is 5.86. The van der Waals surface area contributed by atoms with E-state index in [-0.39, 0.29) is 0 Å². The maximum Gasteiger partial charge on any atom is 0.121 e. The normalized spacial score (nSPS) is 10.3. The zero-order valence-electron chi connectivity index (χ0n) is 13.3. The van der Waals surface area contributed by atoms with Crippen molar-refractivity contribution in [3.05, 3.63) is 95.6 Å². The minimum Gasteiger partial charge on any atom is -0.489 e. The fourth-order valence-electron chi connectivity index (χ4n) is 2.46. The summed E-state index contributed by atoms with van der Waals surface area (Å²) in [6, 6.07) is 26.8. The van der Waals surface area contributed by atoms with Gasteiger partial charge in [0, 0.05) is 18.3 Å². The first-order valence-corrected chi connectivity index (χ1v) is 7.86. The molecular weight excluding hydrogens is 282 g/mol. The third-order valence-corrected chi connectivity index (χ3v) is 3.66. The van der Waals surface area contributed by atoms with Crippen LogP contribution in [-0.4, -0.2) is 0 Å². The van der Waals surface area contributed by atoms with Gasteiger partial charge in [-0.15, -0.1) is 0 Å². The van der Waals surface area contributed by atoms with Gasteiger partial charge in [-0.2, -0.15) is 0 Å². The molecule has 1 N–H and O–H groups in total. The minimum absolute atomic E-state index is 0.585. The first-order chi connectivity index (χ1) is 11.3. The van der Waals surface area contributed by atoms with Crippen molar-refractivity contribution < 1.29 is 4.74 Å². The predicted molar refractivity (Wildman–Crippen MR) is 95.7 cm³/mol. The summed E-state index contributed by atoms with van der Waals surface area (Å²) in [6.45, 7) is 3.51. The first-order valence-electron chi connectivity index (χ1n) is 7.86. The lowest BCUT2D eigenvalue weighted by molar-refractivity contribution is 0.306. The fourth-order valence-corrected chi connectivity index (χ4v) is 2.46. The summed E-state index contributed by atoms with van der Waals surface area (Å²) in [7, 11) is 0. The van der Waals surface area contributed by atoms with Gasteiger partial charge in [-0.25, -0.2) is 0 Å². The molecule has 3 rings (SSSR count). The van der Waals surface area contributed by atoms with E-state index < -0.39 is 0 Å². The van der Waals surface area contributed by atoms with Crippen molar-refractivity contribution in [2.75, 3.05) is 5.32 Å². The Bertz CT molecular complexity index is 753. The lowest BCUT2D eigenvalue weighted by atomic mass is 10.1. The van der Waals surface area contributed by atoms with Gasteiger partial charge in [0.25, 0.3) is 0 Å². The van der Waals surface area contributed by atoms with Crippen molar-refractivity contribution in [3.63, 3.8) is 0 Å². The topological polar surface area (TPSA) is 21.3 Å². The highest BCUT2D eigenvalue weighted by molar-refractivity contribution is 5.48. The van der Waals surface area contributed by atoms with E-state index in [1.165, 1.54) is 16.7 Å². The standard InChI is InChI=1S/C21H21NO/c1-17-7-5-10-19(13-17)15-22-20-11-6-12-21(14-20)23-16-18-8-3-2-4-9-18/h2-14,22H,15-16H2,1H3. The largest absolute Gasteiger partial charge is 0.489 e. The number of anilines is 1. The Morgan fingerprint density at radius 2 is 1.57 bits per heavy atom. The molecule has 0 spiro atoms. The first kappa shape index (κ1) is 15.2. The molecule has 0 saturated carbocycles.